The van der Waals surface area contributed by atoms with Crippen molar-refractivity contribution in [3.8, 4) is 5.75 Å². The maximum atomic E-state index is 6.16. The molecule has 0 atom stereocenters. The molecule has 0 fully saturated rings. The molecule has 3 heteroatoms. The number of imidazole rings is 1. The summed E-state index contributed by atoms with van der Waals surface area (Å²) in [5, 5.41) is 0. The molecule has 0 spiro atoms. The molecule has 0 unspecified atom stereocenters. The van der Waals surface area contributed by atoms with E-state index in [0.717, 1.165) is 34.7 Å². The van der Waals surface area contributed by atoms with Gasteiger partial charge in [-0.1, -0.05) is 36.4 Å². The summed E-state index contributed by atoms with van der Waals surface area (Å²) in [6, 6.07) is 18.7. The molecule has 29 heavy (non-hydrogen) atoms. The Morgan fingerprint density at radius 3 is 2.17 bits per heavy atom. The molecular formula is C26H28N2O. The van der Waals surface area contributed by atoms with Gasteiger partial charge in [0.05, 0.1) is 17.6 Å². The van der Waals surface area contributed by atoms with E-state index >= 15 is 0 Å². The fourth-order valence-corrected chi connectivity index (χ4v) is 3.97. The third-order valence-electron chi connectivity index (χ3n) is 6.02. The first-order valence-corrected chi connectivity index (χ1v) is 10.1. The molecule has 3 aromatic carbocycles. The molecule has 0 aliphatic carbocycles. The van der Waals surface area contributed by atoms with Crippen LogP contribution < -0.4 is 4.74 Å². The molecule has 0 bridgehead atoms. The summed E-state index contributed by atoms with van der Waals surface area (Å²) >= 11 is 0. The molecule has 3 nitrogen and oxygen atoms in total. The highest BCUT2D eigenvalue weighted by Gasteiger charge is 2.15. The molecule has 0 saturated carbocycles. The van der Waals surface area contributed by atoms with Crippen molar-refractivity contribution in [3.05, 3.63) is 93.8 Å². The second kappa shape index (κ2) is 7.75. The minimum absolute atomic E-state index is 0.447. The average molecular weight is 385 g/mol. The molecule has 148 valence electrons. The van der Waals surface area contributed by atoms with E-state index in [1.807, 2.05) is 24.3 Å². The number of benzene rings is 3. The summed E-state index contributed by atoms with van der Waals surface area (Å²) in [6.45, 7) is 12.1. The summed E-state index contributed by atoms with van der Waals surface area (Å²) in [5.74, 6) is 1.86. The van der Waals surface area contributed by atoms with E-state index < -0.39 is 0 Å². The molecule has 1 aromatic heterocycles. The van der Waals surface area contributed by atoms with Gasteiger partial charge in [-0.2, -0.15) is 0 Å². The fraction of sp³-hybridized carbons (Fsp3) is 0.269. The van der Waals surface area contributed by atoms with E-state index in [2.05, 4.69) is 69.5 Å². The SMILES string of the molecule is Cc1ccccc1OCc1nc2ccccc2n1Cc1c(C)c(C)cc(C)c1C. The van der Waals surface area contributed by atoms with Crippen molar-refractivity contribution in [2.24, 2.45) is 0 Å². The van der Waals surface area contributed by atoms with Crippen LogP contribution in [0.25, 0.3) is 11.0 Å². The number of aromatic nitrogens is 2. The Labute approximate surface area is 173 Å². The van der Waals surface area contributed by atoms with Gasteiger partial charge in [-0.3, -0.25) is 0 Å². The van der Waals surface area contributed by atoms with E-state index in [1.54, 1.807) is 0 Å². The van der Waals surface area contributed by atoms with Gasteiger partial charge in [-0.05, 0) is 86.2 Å². The smallest absolute Gasteiger partial charge is 0.148 e. The van der Waals surface area contributed by atoms with Crippen LogP contribution in [0.3, 0.4) is 0 Å². The molecule has 0 saturated heterocycles. The van der Waals surface area contributed by atoms with Crippen LogP contribution in [0.15, 0.2) is 54.6 Å². The molecule has 0 radical (unpaired) electrons. The molecule has 0 amide bonds. The first-order chi connectivity index (χ1) is 14.0. The molecular weight excluding hydrogens is 356 g/mol. The number of aryl methyl sites for hydroxylation is 3. The summed E-state index contributed by atoms with van der Waals surface area (Å²) in [4.78, 5) is 4.90. The zero-order valence-electron chi connectivity index (χ0n) is 17.9. The normalized spacial score (nSPS) is 11.2. The molecule has 0 aliphatic heterocycles. The largest absolute Gasteiger partial charge is 0.485 e. The summed E-state index contributed by atoms with van der Waals surface area (Å²) in [6.07, 6.45) is 0. The highest BCUT2D eigenvalue weighted by molar-refractivity contribution is 5.76. The second-order valence-corrected chi connectivity index (χ2v) is 7.90. The lowest BCUT2D eigenvalue weighted by Crippen LogP contribution is -2.11. The van der Waals surface area contributed by atoms with Crippen molar-refractivity contribution in [2.45, 2.75) is 47.8 Å². The predicted molar refractivity (Wildman–Crippen MR) is 120 cm³/mol. The Bertz CT molecular complexity index is 1160. The minimum atomic E-state index is 0.447. The summed E-state index contributed by atoms with van der Waals surface area (Å²) < 4.78 is 8.46. The number of hydrogen-bond acceptors (Lipinski definition) is 2. The van der Waals surface area contributed by atoms with Crippen LogP contribution in [0.1, 0.15) is 39.2 Å². The summed E-state index contributed by atoms with van der Waals surface area (Å²) in [5.41, 5.74) is 10.1. The highest BCUT2D eigenvalue weighted by atomic mass is 16.5. The topological polar surface area (TPSA) is 27.1 Å². The van der Waals surface area contributed by atoms with Crippen LogP contribution >= 0.6 is 0 Å². The van der Waals surface area contributed by atoms with Crippen LogP contribution in [0.2, 0.25) is 0 Å². The van der Waals surface area contributed by atoms with Gasteiger partial charge in [0, 0.05) is 0 Å². The van der Waals surface area contributed by atoms with Gasteiger partial charge in [-0.15, -0.1) is 0 Å². The minimum Gasteiger partial charge on any atom is -0.485 e. The molecule has 1 heterocycles. The first-order valence-electron chi connectivity index (χ1n) is 10.1. The fourth-order valence-electron chi connectivity index (χ4n) is 3.97. The molecule has 4 aromatic rings. The van der Waals surface area contributed by atoms with Crippen LogP contribution in [0, 0.1) is 34.6 Å². The predicted octanol–water partition coefficient (Wildman–Crippen LogP) is 6.21. The maximum absolute atomic E-state index is 6.16. The Balaban J connectivity index is 1.76. The zero-order chi connectivity index (χ0) is 20.5. The second-order valence-electron chi connectivity index (χ2n) is 7.90. The van der Waals surface area contributed by atoms with Crippen LogP contribution in [-0.4, -0.2) is 9.55 Å². The number of para-hydroxylation sites is 3. The Morgan fingerprint density at radius 2 is 1.45 bits per heavy atom. The highest BCUT2D eigenvalue weighted by Crippen LogP contribution is 2.26. The van der Waals surface area contributed by atoms with Crippen molar-refractivity contribution >= 4 is 11.0 Å². The van der Waals surface area contributed by atoms with Gasteiger partial charge in [0.25, 0.3) is 0 Å². The Morgan fingerprint density at radius 1 is 0.793 bits per heavy atom. The third kappa shape index (κ3) is 3.65. The van der Waals surface area contributed by atoms with Crippen molar-refractivity contribution in [2.75, 3.05) is 0 Å². The van der Waals surface area contributed by atoms with E-state index in [1.165, 1.54) is 27.8 Å². The van der Waals surface area contributed by atoms with Crippen molar-refractivity contribution in [1.82, 2.24) is 9.55 Å². The van der Waals surface area contributed by atoms with Gasteiger partial charge in [-0.25, -0.2) is 4.98 Å². The van der Waals surface area contributed by atoms with Crippen molar-refractivity contribution in [3.63, 3.8) is 0 Å². The monoisotopic (exact) mass is 384 g/mol. The summed E-state index contributed by atoms with van der Waals surface area (Å²) in [7, 11) is 0. The quantitative estimate of drug-likeness (QED) is 0.409. The van der Waals surface area contributed by atoms with Crippen LogP contribution in [0.5, 0.6) is 5.75 Å². The van der Waals surface area contributed by atoms with Gasteiger partial charge in [0.15, 0.2) is 0 Å². The number of rotatable bonds is 5. The first kappa shape index (κ1) is 19.3. The van der Waals surface area contributed by atoms with E-state index in [0.29, 0.717) is 6.61 Å². The lowest BCUT2D eigenvalue weighted by atomic mass is 9.94. The number of ether oxygens (including phenoxy) is 1. The van der Waals surface area contributed by atoms with Gasteiger partial charge in [0.2, 0.25) is 0 Å². The van der Waals surface area contributed by atoms with Gasteiger partial charge in [0.1, 0.15) is 18.2 Å². The third-order valence-corrected chi connectivity index (χ3v) is 6.02. The molecule has 0 N–H and O–H groups in total. The van der Waals surface area contributed by atoms with E-state index in [-0.39, 0.29) is 0 Å². The average Bonchev–Trinajstić information content (AvgIpc) is 3.06. The van der Waals surface area contributed by atoms with Crippen molar-refractivity contribution < 1.29 is 4.74 Å². The number of hydrogen-bond donors (Lipinski definition) is 0. The van der Waals surface area contributed by atoms with Gasteiger partial charge >= 0.3 is 0 Å². The Kier molecular flexibility index (Phi) is 5.14. The molecule has 4 rings (SSSR count). The standard InChI is InChI=1S/C26H28N2O/c1-17-10-6-9-13-25(17)29-16-26-27-23-11-7-8-12-24(23)28(26)15-22-20(4)18(2)14-19(3)21(22)5/h6-14H,15-16H2,1-5H3. The van der Waals surface area contributed by atoms with E-state index in [9.17, 15) is 0 Å². The van der Waals surface area contributed by atoms with Crippen LogP contribution in [-0.2, 0) is 13.2 Å². The molecule has 0 aliphatic rings. The van der Waals surface area contributed by atoms with E-state index in [4.69, 9.17) is 9.72 Å². The number of fused-ring (bicyclic) bond motifs is 1. The lowest BCUT2D eigenvalue weighted by Gasteiger charge is -2.18. The Hall–Kier alpha value is -3.07. The van der Waals surface area contributed by atoms with Gasteiger partial charge < -0.3 is 9.30 Å². The zero-order valence-corrected chi connectivity index (χ0v) is 17.9. The van der Waals surface area contributed by atoms with Crippen molar-refractivity contribution in [1.29, 1.82) is 0 Å². The maximum Gasteiger partial charge on any atom is 0.148 e. The number of nitrogens with zero attached hydrogens (tertiary/aromatic N) is 2. The van der Waals surface area contributed by atoms with Crippen LogP contribution in [0.4, 0.5) is 0 Å². The lowest BCUT2D eigenvalue weighted by molar-refractivity contribution is 0.289.